The molecular weight excluding hydrogens is 186 g/mol. The van der Waals surface area contributed by atoms with Crippen LogP contribution in [0.4, 0.5) is 0 Å². The van der Waals surface area contributed by atoms with Gasteiger partial charge < -0.3 is 10.1 Å². The van der Waals surface area contributed by atoms with Crippen LogP contribution in [0.25, 0.3) is 0 Å². The molecule has 0 aromatic heterocycles. The van der Waals surface area contributed by atoms with Crippen molar-refractivity contribution in [2.75, 3.05) is 20.2 Å². The van der Waals surface area contributed by atoms with Crippen molar-refractivity contribution < 1.29 is 4.74 Å². The Bertz CT molecular complexity index is 332. The Balaban J connectivity index is 2.20. The van der Waals surface area contributed by atoms with E-state index in [-0.39, 0.29) is 6.10 Å². The van der Waals surface area contributed by atoms with Crippen LogP contribution >= 0.6 is 0 Å². The Morgan fingerprint density at radius 2 is 2.07 bits per heavy atom. The summed E-state index contributed by atoms with van der Waals surface area (Å²) in [5, 5.41) is 3.31. The molecule has 1 aromatic rings. The Labute approximate surface area is 91.0 Å². The summed E-state index contributed by atoms with van der Waals surface area (Å²) in [5.41, 5.74) is 2.63. The lowest BCUT2D eigenvalue weighted by Gasteiger charge is -2.22. The van der Waals surface area contributed by atoms with Crippen LogP contribution in [0.2, 0.25) is 0 Å². The fraction of sp³-hybridized carbons (Fsp3) is 0.385. The maximum atomic E-state index is 5.58. The Kier molecular flexibility index (Phi) is 3.54. The molecule has 0 bridgehead atoms. The molecule has 1 heterocycles. The number of ether oxygens (including phenoxy) is 1. The maximum Gasteiger partial charge on any atom is 0.103 e. The molecule has 1 aromatic carbocycles. The van der Waals surface area contributed by atoms with Crippen LogP contribution in [0.5, 0.6) is 0 Å². The van der Waals surface area contributed by atoms with Gasteiger partial charge in [-0.25, -0.2) is 0 Å². The van der Waals surface area contributed by atoms with Gasteiger partial charge in [0.25, 0.3) is 0 Å². The quantitative estimate of drug-likeness (QED) is 0.761. The van der Waals surface area contributed by atoms with Crippen LogP contribution in [0, 0.1) is 0 Å². The van der Waals surface area contributed by atoms with Crippen LogP contribution < -0.4 is 5.32 Å². The van der Waals surface area contributed by atoms with Gasteiger partial charge in [0.2, 0.25) is 0 Å². The standard InChI is InChI=1S/C13H17NO/c1-15-13(11-5-3-2-4-6-11)12-7-9-14-10-8-12/h2-7,13-14H,8-10H2,1H3. The lowest BCUT2D eigenvalue weighted by atomic mass is 9.97. The molecular formula is C13H17NO. The third kappa shape index (κ3) is 2.46. The minimum atomic E-state index is 0.133. The number of hydrogen-bond donors (Lipinski definition) is 1. The molecule has 1 atom stereocenters. The van der Waals surface area contributed by atoms with Crippen molar-refractivity contribution in [1.82, 2.24) is 5.32 Å². The lowest BCUT2D eigenvalue weighted by Crippen LogP contribution is -2.23. The van der Waals surface area contributed by atoms with Crippen LogP contribution in [0.15, 0.2) is 42.0 Å². The van der Waals surface area contributed by atoms with E-state index in [4.69, 9.17) is 4.74 Å². The van der Waals surface area contributed by atoms with Crippen molar-refractivity contribution in [3.63, 3.8) is 0 Å². The molecule has 15 heavy (non-hydrogen) atoms. The number of benzene rings is 1. The molecule has 1 aliphatic rings. The van der Waals surface area contributed by atoms with Crippen molar-refractivity contribution in [1.29, 1.82) is 0 Å². The van der Waals surface area contributed by atoms with Crippen molar-refractivity contribution in [2.45, 2.75) is 12.5 Å². The van der Waals surface area contributed by atoms with Gasteiger partial charge in [0, 0.05) is 13.7 Å². The largest absolute Gasteiger partial charge is 0.372 e. The molecule has 80 valence electrons. The molecule has 0 saturated carbocycles. The summed E-state index contributed by atoms with van der Waals surface area (Å²) in [6, 6.07) is 10.4. The third-order valence-corrected chi connectivity index (χ3v) is 2.77. The molecule has 0 saturated heterocycles. The van der Waals surface area contributed by atoms with Crippen molar-refractivity contribution in [3.8, 4) is 0 Å². The van der Waals surface area contributed by atoms with E-state index in [0.717, 1.165) is 19.5 Å². The first kappa shape index (κ1) is 10.4. The van der Waals surface area contributed by atoms with Gasteiger partial charge in [-0.05, 0) is 24.1 Å². The second-order valence-electron chi connectivity index (χ2n) is 3.76. The summed E-state index contributed by atoms with van der Waals surface area (Å²) in [6.07, 6.45) is 3.45. The zero-order chi connectivity index (χ0) is 10.5. The molecule has 1 unspecified atom stereocenters. The van der Waals surface area contributed by atoms with Crippen molar-refractivity contribution >= 4 is 0 Å². The van der Waals surface area contributed by atoms with E-state index in [9.17, 15) is 0 Å². The average Bonchev–Trinajstić information content (AvgIpc) is 2.33. The van der Waals surface area contributed by atoms with E-state index in [1.807, 2.05) is 6.07 Å². The first-order valence-corrected chi connectivity index (χ1v) is 5.39. The predicted octanol–water partition coefficient (Wildman–Crippen LogP) is 2.29. The molecule has 2 heteroatoms. The van der Waals surface area contributed by atoms with Gasteiger partial charge in [-0.2, -0.15) is 0 Å². The molecule has 2 nitrogen and oxygen atoms in total. The SMILES string of the molecule is COC(C1=CCNCC1)c1ccccc1. The van der Waals surface area contributed by atoms with E-state index in [2.05, 4.69) is 35.7 Å². The van der Waals surface area contributed by atoms with E-state index < -0.39 is 0 Å². The molecule has 0 aliphatic carbocycles. The monoisotopic (exact) mass is 203 g/mol. The minimum Gasteiger partial charge on any atom is -0.372 e. The highest BCUT2D eigenvalue weighted by molar-refractivity contribution is 5.27. The second kappa shape index (κ2) is 5.10. The molecule has 0 radical (unpaired) electrons. The summed E-state index contributed by atoms with van der Waals surface area (Å²) in [7, 11) is 1.78. The average molecular weight is 203 g/mol. The highest BCUT2D eigenvalue weighted by atomic mass is 16.5. The Morgan fingerprint density at radius 3 is 2.67 bits per heavy atom. The molecule has 0 fully saturated rings. The van der Waals surface area contributed by atoms with Crippen molar-refractivity contribution in [2.24, 2.45) is 0 Å². The fourth-order valence-electron chi connectivity index (χ4n) is 2.01. The highest BCUT2D eigenvalue weighted by Crippen LogP contribution is 2.27. The maximum absolute atomic E-state index is 5.58. The molecule has 1 N–H and O–H groups in total. The summed E-state index contributed by atoms with van der Waals surface area (Å²) in [4.78, 5) is 0. The first-order valence-electron chi connectivity index (χ1n) is 5.39. The van der Waals surface area contributed by atoms with Crippen molar-refractivity contribution in [3.05, 3.63) is 47.5 Å². The van der Waals surface area contributed by atoms with Crippen LogP contribution in [0.1, 0.15) is 18.1 Å². The third-order valence-electron chi connectivity index (χ3n) is 2.77. The highest BCUT2D eigenvalue weighted by Gasteiger charge is 2.16. The van der Waals surface area contributed by atoms with Gasteiger partial charge in [-0.15, -0.1) is 0 Å². The van der Waals surface area contributed by atoms with Gasteiger partial charge >= 0.3 is 0 Å². The normalized spacial score (nSPS) is 18.3. The van der Waals surface area contributed by atoms with Gasteiger partial charge in [-0.1, -0.05) is 36.4 Å². The van der Waals surface area contributed by atoms with Crippen LogP contribution in [0.3, 0.4) is 0 Å². The Morgan fingerprint density at radius 1 is 1.27 bits per heavy atom. The summed E-state index contributed by atoms with van der Waals surface area (Å²) < 4.78 is 5.58. The zero-order valence-corrected chi connectivity index (χ0v) is 9.07. The summed E-state index contributed by atoms with van der Waals surface area (Å²) in [6.45, 7) is 2.01. The first-order chi connectivity index (χ1) is 7.42. The molecule has 2 rings (SSSR count). The fourth-order valence-corrected chi connectivity index (χ4v) is 2.01. The van der Waals surface area contributed by atoms with Gasteiger partial charge in [0.15, 0.2) is 0 Å². The summed E-state index contributed by atoms with van der Waals surface area (Å²) >= 11 is 0. The zero-order valence-electron chi connectivity index (χ0n) is 9.07. The van der Waals surface area contributed by atoms with Gasteiger partial charge in [-0.3, -0.25) is 0 Å². The molecule has 1 aliphatic heterocycles. The van der Waals surface area contributed by atoms with Crippen LogP contribution in [-0.2, 0) is 4.74 Å². The predicted molar refractivity (Wildman–Crippen MR) is 61.8 cm³/mol. The van der Waals surface area contributed by atoms with E-state index in [0.29, 0.717) is 0 Å². The van der Waals surface area contributed by atoms with Crippen LogP contribution in [-0.4, -0.2) is 20.2 Å². The number of hydrogen-bond acceptors (Lipinski definition) is 2. The summed E-state index contributed by atoms with van der Waals surface area (Å²) in [5.74, 6) is 0. The second-order valence-corrected chi connectivity index (χ2v) is 3.76. The smallest absolute Gasteiger partial charge is 0.103 e. The Hall–Kier alpha value is -1.12. The number of nitrogens with one attached hydrogen (secondary N) is 1. The van der Waals surface area contributed by atoms with E-state index in [1.54, 1.807) is 7.11 Å². The molecule has 0 spiro atoms. The van der Waals surface area contributed by atoms with E-state index in [1.165, 1.54) is 11.1 Å². The topological polar surface area (TPSA) is 21.3 Å². The van der Waals surface area contributed by atoms with Gasteiger partial charge in [0.05, 0.1) is 0 Å². The molecule has 0 amide bonds. The minimum absolute atomic E-state index is 0.133. The van der Waals surface area contributed by atoms with E-state index >= 15 is 0 Å². The number of methoxy groups -OCH3 is 1. The number of rotatable bonds is 3. The van der Waals surface area contributed by atoms with Gasteiger partial charge in [0.1, 0.15) is 6.10 Å². The lowest BCUT2D eigenvalue weighted by molar-refractivity contribution is 0.129.